The monoisotopic (exact) mass is 497 g/mol. The van der Waals surface area contributed by atoms with E-state index in [1.54, 1.807) is 29.3 Å². The smallest absolute Gasteiger partial charge is 0.343 e. The van der Waals surface area contributed by atoms with Gasteiger partial charge in [-0.3, -0.25) is 4.79 Å². The number of carbonyl (C=O) groups excluding carboxylic acids is 1. The maximum Gasteiger partial charge on any atom is 0.343 e. The van der Waals surface area contributed by atoms with Crippen LogP contribution in [0.15, 0.2) is 27.9 Å². The number of alkyl halides is 1. The number of esters is 1. The normalized spacial score (nSPS) is 22.4. The molecule has 0 fully saturated rings. The minimum absolute atomic E-state index is 0.112. The largest absolute Gasteiger partial charge is 0.458 e. The number of carbonyl (C=O) groups is 1. The lowest BCUT2D eigenvalue weighted by Gasteiger charge is -2.31. The second-order valence-electron chi connectivity index (χ2n) is 9.37. The van der Waals surface area contributed by atoms with Gasteiger partial charge in [0.25, 0.3) is 5.56 Å². The van der Waals surface area contributed by atoms with E-state index in [1.807, 2.05) is 12.1 Å². The third-order valence-electron chi connectivity index (χ3n) is 6.98. The first-order chi connectivity index (χ1) is 16.2. The summed E-state index contributed by atoms with van der Waals surface area (Å²) in [4.78, 5) is 32.0. The Morgan fingerprint density at radius 2 is 2.15 bits per heavy atom. The Hall–Kier alpha value is -2.55. The van der Waals surface area contributed by atoms with Gasteiger partial charge in [0.1, 0.15) is 6.61 Å². The number of benzene rings is 1. The third kappa shape index (κ3) is 2.85. The Morgan fingerprint density at radius 3 is 2.88 bits per heavy atom. The van der Waals surface area contributed by atoms with Crippen molar-refractivity contribution in [2.24, 2.45) is 0 Å². The summed E-state index contributed by atoms with van der Waals surface area (Å²) in [5.41, 5.74) is 3.66. The van der Waals surface area contributed by atoms with Crippen molar-refractivity contribution in [2.45, 2.75) is 62.3 Å². The number of fused-ring (bicyclic) bond motifs is 5. The molecule has 0 radical (unpaired) electrons. The van der Waals surface area contributed by atoms with Crippen molar-refractivity contribution >= 4 is 45.9 Å². The number of hydrogen-bond donors (Lipinski definition) is 2. The Bertz CT molecular complexity index is 1470. The summed E-state index contributed by atoms with van der Waals surface area (Å²) in [5, 5.41) is 15.4. The van der Waals surface area contributed by atoms with Crippen LogP contribution >= 0.6 is 23.4 Å². The summed E-state index contributed by atoms with van der Waals surface area (Å²) in [6, 6.07) is 6.06. The molecule has 0 amide bonds. The van der Waals surface area contributed by atoms with Crippen molar-refractivity contribution in [1.82, 2.24) is 9.55 Å². The van der Waals surface area contributed by atoms with Crippen LogP contribution in [0.2, 0.25) is 0 Å². The summed E-state index contributed by atoms with van der Waals surface area (Å²) in [6.45, 7) is 6.12. The molecule has 3 aliphatic rings. The van der Waals surface area contributed by atoms with Crippen LogP contribution in [0.25, 0.3) is 22.3 Å². The van der Waals surface area contributed by atoms with Crippen LogP contribution in [0.5, 0.6) is 0 Å². The van der Waals surface area contributed by atoms with Crippen molar-refractivity contribution in [3.8, 4) is 11.4 Å². The average Bonchev–Trinajstić information content (AvgIpc) is 3.18. The van der Waals surface area contributed by atoms with Crippen LogP contribution in [0.4, 0.5) is 5.69 Å². The minimum Gasteiger partial charge on any atom is -0.458 e. The van der Waals surface area contributed by atoms with Gasteiger partial charge in [0, 0.05) is 38.9 Å². The summed E-state index contributed by atoms with van der Waals surface area (Å²) >= 11 is 8.62. The number of ether oxygens (including phenoxy) is 1. The van der Waals surface area contributed by atoms with E-state index < -0.39 is 11.6 Å². The number of halogens is 1. The molecule has 0 bridgehead atoms. The lowest BCUT2D eigenvalue weighted by Crippen LogP contribution is -2.44. The summed E-state index contributed by atoms with van der Waals surface area (Å²) < 4.78 is 6.84. The molecular weight excluding hydrogens is 474 g/mol. The molecule has 0 saturated heterocycles. The number of thioether (sulfide) groups is 1. The predicted octanol–water partition coefficient (Wildman–Crippen LogP) is 4.29. The Kier molecular flexibility index (Phi) is 4.82. The van der Waals surface area contributed by atoms with Crippen LogP contribution in [0.1, 0.15) is 54.8 Å². The van der Waals surface area contributed by atoms with Gasteiger partial charge < -0.3 is 19.7 Å². The number of cyclic esters (lactones) is 1. The maximum atomic E-state index is 13.5. The maximum absolute atomic E-state index is 13.5. The SMILES string of the molecule is CC[C@@]1(O)C(=O)OCc2c1cc1n(c2=O)Cc2c-1nc1ccc(NC(C)C)c3c1c2C(Cl)CS3. The van der Waals surface area contributed by atoms with Gasteiger partial charge in [-0.2, -0.15) is 0 Å². The molecule has 3 aliphatic heterocycles. The van der Waals surface area contributed by atoms with Crippen LogP contribution in [0, 0.1) is 0 Å². The number of nitrogens with zero attached hydrogens (tertiary/aromatic N) is 2. The first kappa shape index (κ1) is 21.9. The van der Waals surface area contributed by atoms with Gasteiger partial charge in [-0.15, -0.1) is 23.4 Å². The Balaban J connectivity index is 1.64. The highest BCUT2D eigenvalue weighted by Gasteiger charge is 2.45. The fourth-order valence-electron chi connectivity index (χ4n) is 5.34. The minimum atomic E-state index is -1.84. The number of aliphatic hydroxyl groups is 1. The average molecular weight is 498 g/mol. The molecule has 2 aromatic heterocycles. The van der Waals surface area contributed by atoms with E-state index >= 15 is 0 Å². The molecule has 0 saturated carbocycles. The van der Waals surface area contributed by atoms with Gasteiger partial charge >= 0.3 is 5.97 Å². The van der Waals surface area contributed by atoms with E-state index in [-0.39, 0.29) is 30.0 Å². The topological polar surface area (TPSA) is 93.5 Å². The van der Waals surface area contributed by atoms with E-state index in [0.717, 1.165) is 38.4 Å². The first-order valence-electron chi connectivity index (χ1n) is 11.4. The van der Waals surface area contributed by atoms with Gasteiger partial charge in [0.15, 0.2) is 5.60 Å². The highest BCUT2D eigenvalue weighted by molar-refractivity contribution is 7.99. The number of hydrogen-bond acceptors (Lipinski definition) is 7. The fraction of sp³-hybridized carbons (Fsp3) is 0.400. The molecule has 34 heavy (non-hydrogen) atoms. The molecular formula is C25H24ClN3O4S. The highest BCUT2D eigenvalue weighted by atomic mass is 35.5. The lowest BCUT2D eigenvalue weighted by atomic mass is 9.86. The van der Waals surface area contributed by atoms with Crippen molar-refractivity contribution in [3.63, 3.8) is 0 Å². The molecule has 1 aromatic carbocycles. The van der Waals surface area contributed by atoms with Crippen LogP contribution < -0.4 is 10.9 Å². The third-order valence-corrected chi connectivity index (χ3v) is 8.75. The Morgan fingerprint density at radius 1 is 1.35 bits per heavy atom. The van der Waals surface area contributed by atoms with E-state index in [4.69, 9.17) is 21.3 Å². The molecule has 176 valence electrons. The molecule has 3 aromatic rings. The summed E-state index contributed by atoms with van der Waals surface area (Å²) in [7, 11) is 0. The molecule has 2 atom stereocenters. The zero-order chi connectivity index (χ0) is 23.9. The van der Waals surface area contributed by atoms with Gasteiger partial charge in [-0.1, -0.05) is 6.92 Å². The lowest BCUT2D eigenvalue weighted by molar-refractivity contribution is -0.172. The molecule has 1 unspecified atom stereocenters. The standard InChI is InChI=1S/C25H24ClN3O4S/c1-4-25(32)14-7-18-21-12(8-29(18)23(30)13(14)9-33-24(25)31)19-15(26)10-34-22-17(27-11(2)3)6-5-16(28-21)20(19)22/h5-7,11,15,27,32H,4,8-10H2,1-3H3/t15?,25-/m0/s1. The van der Waals surface area contributed by atoms with Crippen molar-refractivity contribution in [2.75, 3.05) is 11.1 Å². The highest BCUT2D eigenvalue weighted by Crippen LogP contribution is 2.50. The number of nitrogens with one attached hydrogen (secondary N) is 1. The molecule has 6 rings (SSSR count). The first-order valence-corrected chi connectivity index (χ1v) is 12.9. The zero-order valence-corrected chi connectivity index (χ0v) is 20.6. The molecule has 0 aliphatic carbocycles. The van der Waals surface area contributed by atoms with Crippen molar-refractivity contribution < 1.29 is 14.6 Å². The summed E-state index contributed by atoms with van der Waals surface area (Å²) in [5.74, 6) is -0.00405. The molecule has 7 nitrogen and oxygen atoms in total. The van der Waals surface area contributed by atoms with Crippen molar-refractivity contribution in [3.05, 3.63) is 50.8 Å². The van der Waals surface area contributed by atoms with Crippen LogP contribution in [-0.4, -0.2) is 32.4 Å². The molecule has 2 N–H and O–H groups in total. The number of rotatable bonds is 3. The molecule has 0 spiro atoms. The van der Waals surface area contributed by atoms with E-state index in [1.165, 1.54) is 0 Å². The van der Waals surface area contributed by atoms with Gasteiger partial charge in [-0.05, 0) is 44.0 Å². The second-order valence-corrected chi connectivity index (χ2v) is 10.9. The summed E-state index contributed by atoms with van der Waals surface area (Å²) in [6.07, 6.45) is 0.112. The van der Waals surface area contributed by atoms with Crippen LogP contribution in [-0.2, 0) is 28.3 Å². The fourth-order valence-corrected chi connectivity index (χ4v) is 6.89. The van der Waals surface area contributed by atoms with E-state index in [0.29, 0.717) is 29.1 Å². The van der Waals surface area contributed by atoms with E-state index in [2.05, 4.69) is 19.2 Å². The number of anilines is 1. The molecule has 5 heterocycles. The predicted molar refractivity (Wildman–Crippen MR) is 133 cm³/mol. The second kappa shape index (κ2) is 7.47. The van der Waals surface area contributed by atoms with Gasteiger partial charge in [0.05, 0.1) is 34.4 Å². The zero-order valence-electron chi connectivity index (χ0n) is 19.1. The van der Waals surface area contributed by atoms with Crippen LogP contribution in [0.3, 0.4) is 0 Å². The van der Waals surface area contributed by atoms with Gasteiger partial charge in [0.2, 0.25) is 0 Å². The van der Waals surface area contributed by atoms with E-state index in [9.17, 15) is 14.7 Å². The Labute approximate surface area is 205 Å². The quantitative estimate of drug-likeness (QED) is 0.322. The molecule has 9 heteroatoms. The number of pyridine rings is 2. The van der Waals surface area contributed by atoms with Gasteiger partial charge in [-0.25, -0.2) is 9.78 Å². The number of aromatic nitrogens is 2. The van der Waals surface area contributed by atoms with Crippen molar-refractivity contribution in [1.29, 1.82) is 0 Å².